The maximum absolute atomic E-state index is 12.1. The Kier molecular flexibility index (Phi) is 2.82. The van der Waals surface area contributed by atoms with Crippen LogP contribution in [0.2, 0.25) is 0 Å². The molecule has 0 aromatic carbocycles. The first kappa shape index (κ1) is 8.46. The first-order chi connectivity index (χ1) is 5.26. The van der Waals surface area contributed by atoms with Gasteiger partial charge in [0.1, 0.15) is 6.67 Å². The molecule has 0 bridgehead atoms. The lowest BCUT2D eigenvalue weighted by atomic mass is 10.3. The van der Waals surface area contributed by atoms with Crippen molar-refractivity contribution < 1.29 is 4.39 Å². The average Bonchev–Trinajstić information content (AvgIpc) is 2.03. The lowest BCUT2D eigenvalue weighted by Gasteiger charge is -1.99. The number of aromatic nitrogens is 2. The average molecular weight is 172 g/mol. The molecule has 2 nitrogen and oxygen atoms in total. The minimum atomic E-state index is -0.517. The number of hydrogen-bond donors (Lipinski definition) is 0. The van der Waals surface area contributed by atoms with Gasteiger partial charge in [-0.1, -0.05) is 11.8 Å². The highest BCUT2D eigenvalue weighted by Crippen LogP contribution is 2.10. The second-order valence-corrected chi connectivity index (χ2v) is 2.89. The van der Waals surface area contributed by atoms with E-state index in [-0.39, 0.29) is 0 Å². The van der Waals surface area contributed by atoms with Gasteiger partial charge in [-0.3, -0.25) is 0 Å². The minimum absolute atomic E-state index is 0.460. The molecule has 60 valence electrons. The van der Waals surface area contributed by atoms with Crippen molar-refractivity contribution in [3.05, 3.63) is 17.5 Å². The molecule has 0 atom stereocenters. The Hall–Kier alpha value is -0.640. The molecule has 1 rings (SSSR count). The normalized spacial score (nSPS) is 10.1. The summed E-state index contributed by atoms with van der Waals surface area (Å²) in [6.45, 7) is 1.32. The Balaban J connectivity index is 3.02. The fraction of sp³-hybridized carbons (Fsp3) is 0.429. The lowest BCUT2D eigenvalue weighted by molar-refractivity contribution is 0.471. The summed E-state index contributed by atoms with van der Waals surface area (Å²) in [7, 11) is 0. The monoisotopic (exact) mass is 172 g/mol. The predicted molar refractivity (Wildman–Crippen MR) is 43.4 cm³/mol. The van der Waals surface area contributed by atoms with E-state index >= 15 is 0 Å². The van der Waals surface area contributed by atoms with Crippen LogP contribution in [0.15, 0.2) is 11.2 Å². The number of rotatable bonds is 2. The lowest BCUT2D eigenvalue weighted by Crippen LogP contribution is -1.94. The van der Waals surface area contributed by atoms with Gasteiger partial charge in [-0.05, 0) is 19.2 Å². The van der Waals surface area contributed by atoms with Gasteiger partial charge in [0.2, 0.25) is 0 Å². The van der Waals surface area contributed by atoms with Crippen molar-refractivity contribution in [2.75, 3.05) is 6.26 Å². The first-order valence-corrected chi connectivity index (χ1v) is 4.43. The fourth-order valence-corrected chi connectivity index (χ4v) is 1.21. The summed E-state index contributed by atoms with van der Waals surface area (Å²) in [6, 6.07) is 1.65. The Morgan fingerprint density at radius 3 is 2.82 bits per heavy atom. The zero-order chi connectivity index (χ0) is 8.27. The van der Waals surface area contributed by atoms with Crippen molar-refractivity contribution in [3.8, 4) is 0 Å². The van der Waals surface area contributed by atoms with E-state index in [0.29, 0.717) is 10.9 Å². The first-order valence-electron chi connectivity index (χ1n) is 3.20. The third-order valence-electron chi connectivity index (χ3n) is 1.21. The molecule has 0 aliphatic rings. The molecule has 0 saturated heterocycles. The van der Waals surface area contributed by atoms with Crippen LogP contribution in [0.4, 0.5) is 4.39 Å². The number of halogens is 1. The maximum atomic E-state index is 12.1. The van der Waals surface area contributed by atoms with Gasteiger partial charge in [-0.2, -0.15) is 0 Å². The summed E-state index contributed by atoms with van der Waals surface area (Å²) < 4.78 is 12.1. The topological polar surface area (TPSA) is 25.8 Å². The molecule has 11 heavy (non-hydrogen) atoms. The molecule has 0 fully saturated rings. The van der Waals surface area contributed by atoms with E-state index in [9.17, 15) is 4.39 Å². The molecular weight excluding hydrogens is 163 g/mol. The van der Waals surface area contributed by atoms with E-state index in [1.54, 1.807) is 6.07 Å². The van der Waals surface area contributed by atoms with Crippen molar-refractivity contribution in [2.24, 2.45) is 0 Å². The fourth-order valence-electron chi connectivity index (χ4n) is 0.764. The number of aryl methyl sites for hydroxylation is 1. The standard InChI is InChI=1S/C7H9FN2S/c1-5-3-6(4-8)10-7(9-5)11-2/h3H,4H2,1-2H3. The van der Waals surface area contributed by atoms with Crippen LogP contribution in [-0.4, -0.2) is 16.2 Å². The van der Waals surface area contributed by atoms with Gasteiger partial charge in [0, 0.05) is 5.69 Å². The molecular formula is C7H9FN2S. The van der Waals surface area contributed by atoms with E-state index in [1.165, 1.54) is 11.8 Å². The van der Waals surface area contributed by atoms with Crippen molar-refractivity contribution >= 4 is 11.8 Å². The second-order valence-electron chi connectivity index (χ2n) is 2.12. The molecule has 4 heteroatoms. The molecule has 0 unspecified atom stereocenters. The van der Waals surface area contributed by atoms with Crippen molar-refractivity contribution in [1.82, 2.24) is 9.97 Å². The smallest absolute Gasteiger partial charge is 0.187 e. The van der Waals surface area contributed by atoms with Gasteiger partial charge in [-0.15, -0.1) is 0 Å². The van der Waals surface area contributed by atoms with Gasteiger partial charge in [0.15, 0.2) is 5.16 Å². The zero-order valence-corrected chi connectivity index (χ0v) is 7.28. The zero-order valence-electron chi connectivity index (χ0n) is 6.47. The summed E-state index contributed by atoms with van der Waals surface area (Å²) in [6.07, 6.45) is 1.87. The van der Waals surface area contributed by atoms with E-state index in [4.69, 9.17) is 0 Å². The molecule has 1 heterocycles. The van der Waals surface area contributed by atoms with Gasteiger partial charge >= 0.3 is 0 Å². The van der Waals surface area contributed by atoms with Gasteiger partial charge in [0.05, 0.1) is 5.69 Å². The van der Waals surface area contributed by atoms with Crippen LogP contribution >= 0.6 is 11.8 Å². The Morgan fingerprint density at radius 1 is 1.55 bits per heavy atom. The third kappa shape index (κ3) is 2.15. The molecule has 0 aliphatic heterocycles. The Bertz CT molecular complexity index is 230. The summed E-state index contributed by atoms with van der Waals surface area (Å²) in [5.41, 5.74) is 1.28. The molecule has 1 aromatic heterocycles. The van der Waals surface area contributed by atoms with E-state index in [1.807, 2.05) is 13.2 Å². The Morgan fingerprint density at radius 2 is 2.27 bits per heavy atom. The number of thioether (sulfide) groups is 1. The van der Waals surface area contributed by atoms with Gasteiger partial charge in [-0.25, -0.2) is 14.4 Å². The van der Waals surface area contributed by atoms with Crippen LogP contribution in [0.5, 0.6) is 0 Å². The molecule has 0 N–H and O–H groups in total. The highest BCUT2D eigenvalue weighted by molar-refractivity contribution is 7.98. The van der Waals surface area contributed by atoms with Crippen LogP contribution in [0.1, 0.15) is 11.4 Å². The third-order valence-corrected chi connectivity index (χ3v) is 1.75. The van der Waals surface area contributed by atoms with Gasteiger partial charge in [0.25, 0.3) is 0 Å². The van der Waals surface area contributed by atoms with Crippen molar-refractivity contribution in [2.45, 2.75) is 18.8 Å². The van der Waals surface area contributed by atoms with Crippen molar-refractivity contribution in [3.63, 3.8) is 0 Å². The van der Waals surface area contributed by atoms with Gasteiger partial charge < -0.3 is 0 Å². The quantitative estimate of drug-likeness (QED) is 0.504. The van der Waals surface area contributed by atoms with E-state index in [2.05, 4.69) is 9.97 Å². The maximum Gasteiger partial charge on any atom is 0.187 e. The number of hydrogen-bond acceptors (Lipinski definition) is 3. The molecule has 0 saturated carbocycles. The second kappa shape index (κ2) is 3.67. The number of alkyl halides is 1. The number of nitrogens with zero attached hydrogens (tertiary/aromatic N) is 2. The summed E-state index contributed by atoms with van der Waals surface area (Å²) >= 11 is 1.42. The molecule has 0 radical (unpaired) electrons. The summed E-state index contributed by atoms with van der Waals surface area (Å²) in [4.78, 5) is 8.03. The minimum Gasteiger partial charge on any atom is -0.244 e. The highest BCUT2D eigenvalue weighted by atomic mass is 32.2. The van der Waals surface area contributed by atoms with E-state index < -0.39 is 6.67 Å². The van der Waals surface area contributed by atoms with E-state index in [0.717, 1.165) is 5.69 Å². The predicted octanol–water partition coefficient (Wildman–Crippen LogP) is 1.98. The van der Waals surface area contributed by atoms with Crippen molar-refractivity contribution in [1.29, 1.82) is 0 Å². The molecule has 1 aromatic rings. The largest absolute Gasteiger partial charge is 0.244 e. The van der Waals surface area contributed by atoms with Crippen LogP contribution in [0, 0.1) is 6.92 Å². The van der Waals surface area contributed by atoms with Crippen LogP contribution < -0.4 is 0 Å². The molecule has 0 amide bonds. The summed E-state index contributed by atoms with van der Waals surface area (Å²) in [5, 5.41) is 0.637. The SMILES string of the molecule is CSc1nc(C)cc(CF)n1. The summed E-state index contributed by atoms with van der Waals surface area (Å²) in [5.74, 6) is 0. The Labute approximate surface area is 69.3 Å². The van der Waals surface area contributed by atoms with Crippen LogP contribution in [0.25, 0.3) is 0 Å². The highest BCUT2D eigenvalue weighted by Gasteiger charge is 1.99. The van der Waals surface area contributed by atoms with Crippen LogP contribution in [-0.2, 0) is 6.67 Å². The molecule has 0 spiro atoms. The van der Waals surface area contributed by atoms with Crippen LogP contribution in [0.3, 0.4) is 0 Å². The molecule has 0 aliphatic carbocycles.